The van der Waals surface area contributed by atoms with Gasteiger partial charge in [-0.3, -0.25) is 4.68 Å². The van der Waals surface area contributed by atoms with E-state index in [2.05, 4.69) is 5.10 Å². The number of aliphatic hydroxyl groups is 1. The molecule has 78 valence electrons. The molecule has 1 aliphatic carbocycles. The molecular formula is C10H17N3O. The smallest absolute Gasteiger partial charge is 0.0945 e. The maximum atomic E-state index is 9.62. The number of aliphatic hydroxyl groups excluding tert-OH is 1. The van der Waals surface area contributed by atoms with Crippen molar-refractivity contribution >= 4 is 0 Å². The van der Waals surface area contributed by atoms with E-state index in [1.807, 2.05) is 17.8 Å². The van der Waals surface area contributed by atoms with Gasteiger partial charge in [0.05, 0.1) is 17.8 Å². The molecule has 0 bridgehead atoms. The van der Waals surface area contributed by atoms with Crippen molar-refractivity contribution in [3.8, 4) is 0 Å². The van der Waals surface area contributed by atoms with Crippen LogP contribution in [0.4, 0.5) is 0 Å². The van der Waals surface area contributed by atoms with E-state index in [1.54, 1.807) is 0 Å². The quantitative estimate of drug-likeness (QED) is 0.753. The molecule has 1 saturated carbocycles. The van der Waals surface area contributed by atoms with Crippen molar-refractivity contribution in [2.45, 2.75) is 38.3 Å². The first kappa shape index (κ1) is 9.68. The molecule has 1 aromatic heterocycles. The lowest BCUT2D eigenvalue weighted by atomic mass is 9.93. The zero-order chi connectivity index (χ0) is 10.1. The molecule has 1 aliphatic rings. The minimum atomic E-state index is -0.566. The highest BCUT2D eigenvalue weighted by Crippen LogP contribution is 2.32. The molecule has 0 saturated heterocycles. The number of aromatic nitrogens is 2. The van der Waals surface area contributed by atoms with Crippen molar-refractivity contribution in [3.63, 3.8) is 0 Å². The summed E-state index contributed by atoms with van der Waals surface area (Å²) in [5.74, 6) is 0. The number of hydrogen-bond acceptors (Lipinski definition) is 3. The molecule has 4 nitrogen and oxygen atoms in total. The lowest BCUT2D eigenvalue weighted by molar-refractivity contribution is 0.185. The molecule has 0 aliphatic heterocycles. The second kappa shape index (κ2) is 3.71. The van der Waals surface area contributed by atoms with E-state index in [1.165, 1.54) is 19.3 Å². The third-order valence-electron chi connectivity index (χ3n) is 2.99. The molecular weight excluding hydrogens is 178 g/mol. The monoisotopic (exact) mass is 195 g/mol. The Labute approximate surface area is 83.7 Å². The average molecular weight is 195 g/mol. The van der Waals surface area contributed by atoms with E-state index < -0.39 is 6.10 Å². The Morgan fingerprint density at radius 3 is 2.93 bits per heavy atom. The van der Waals surface area contributed by atoms with E-state index in [0.717, 1.165) is 11.3 Å². The number of aryl methyl sites for hydroxylation is 1. The van der Waals surface area contributed by atoms with Crippen LogP contribution in [0, 0.1) is 6.92 Å². The Bertz CT molecular complexity index is 317. The lowest BCUT2D eigenvalue weighted by Gasteiger charge is -2.25. The van der Waals surface area contributed by atoms with Crippen molar-refractivity contribution in [1.82, 2.24) is 9.78 Å². The zero-order valence-corrected chi connectivity index (χ0v) is 8.48. The van der Waals surface area contributed by atoms with E-state index in [-0.39, 0.29) is 6.54 Å². The van der Waals surface area contributed by atoms with E-state index in [4.69, 9.17) is 5.73 Å². The minimum absolute atomic E-state index is 0.261. The molecule has 1 unspecified atom stereocenters. The van der Waals surface area contributed by atoms with Crippen LogP contribution in [0.15, 0.2) is 6.20 Å². The highest BCUT2D eigenvalue weighted by molar-refractivity contribution is 5.19. The summed E-state index contributed by atoms with van der Waals surface area (Å²) in [7, 11) is 0. The molecule has 0 amide bonds. The molecule has 2 rings (SSSR count). The third kappa shape index (κ3) is 1.55. The van der Waals surface area contributed by atoms with Gasteiger partial charge in [0.15, 0.2) is 0 Å². The highest BCUT2D eigenvalue weighted by atomic mass is 16.3. The molecule has 0 spiro atoms. The number of hydrogen-bond donors (Lipinski definition) is 2. The molecule has 1 heterocycles. The number of nitrogens with zero attached hydrogens (tertiary/aromatic N) is 2. The highest BCUT2D eigenvalue weighted by Gasteiger charge is 2.22. The Kier molecular flexibility index (Phi) is 2.56. The number of rotatable bonds is 3. The van der Waals surface area contributed by atoms with Crippen molar-refractivity contribution < 1.29 is 5.11 Å². The number of nitrogens with two attached hydrogens (primary N) is 1. The minimum Gasteiger partial charge on any atom is -0.387 e. The van der Waals surface area contributed by atoms with Crippen molar-refractivity contribution in [2.75, 3.05) is 6.54 Å². The fourth-order valence-electron chi connectivity index (χ4n) is 1.79. The van der Waals surface area contributed by atoms with Crippen LogP contribution in [-0.4, -0.2) is 21.4 Å². The summed E-state index contributed by atoms with van der Waals surface area (Å²) in [5, 5.41) is 14.0. The maximum absolute atomic E-state index is 9.62. The fourth-order valence-corrected chi connectivity index (χ4v) is 1.79. The summed E-state index contributed by atoms with van der Waals surface area (Å²) in [6, 6.07) is 0.549. The van der Waals surface area contributed by atoms with Gasteiger partial charge in [0.2, 0.25) is 0 Å². The average Bonchev–Trinajstić information content (AvgIpc) is 2.43. The van der Waals surface area contributed by atoms with Gasteiger partial charge in [-0.1, -0.05) is 0 Å². The first-order valence-electron chi connectivity index (χ1n) is 5.16. The summed E-state index contributed by atoms with van der Waals surface area (Å²) in [5.41, 5.74) is 7.19. The van der Waals surface area contributed by atoms with Crippen LogP contribution in [0.25, 0.3) is 0 Å². The second-order valence-electron chi connectivity index (χ2n) is 3.99. The van der Waals surface area contributed by atoms with E-state index >= 15 is 0 Å². The molecule has 14 heavy (non-hydrogen) atoms. The Hall–Kier alpha value is -0.870. The molecule has 1 aromatic rings. The molecule has 0 radical (unpaired) electrons. The molecule has 0 aromatic carbocycles. The first-order chi connectivity index (χ1) is 6.72. The molecule has 1 atom stereocenters. The van der Waals surface area contributed by atoms with Gasteiger partial charge in [0, 0.05) is 18.3 Å². The van der Waals surface area contributed by atoms with Gasteiger partial charge in [-0.05, 0) is 26.2 Å². The van der Waals surface area contributed by atoms with Crippen LogP contribution in [-0.2, 0) is 0 Å². The van der Waals surface area contributed by atoms with Crippen molar-refractivity contribution in [2.24, 2.45) is 5.73 Å². The van der Waals surface area contributed by atoms with E-state index in [9.17, 15) is 5.11 Å². The van der Waals surface area contributed by atoms with Gasteiger partial charge in [-0.2, -0.15) is 5.10 Å². The summed E-state index contributed by atoms with van der Waals surface area (Å²) >= 11 is 0. The lowest BCUT2D eigenvalue weighted by Crippen LogP contribution is -2.17. The zero-order valence-electron chi connectivity index (χ0n) is 8.48. The fraction of sp³-hybridized carbons (Fsp3) is 0.700. The van der Waals surface area contributed by atoms with Crippen LogP contribution in [0.1, 0.15) is 42.7 Å². The largest absolute Gasteiger partial charge is 0.387 e. The van der Waals surface area contributed by atoms with Crippen LogP contribution in [0.5, 0.6) is 0 Å². The molecule has 3 N–H and O–H groups in total. The van der Waals surface area contributed by atoms with Gasteiger partial charge in [-0.15, -0.1) is 0 Å². The Morgan fingerprint density at radius 1 is 1.71 bits per heavy atom. The van der Waals surface area contributed by atoms with Crippen LogP contribution < -0.4 is 5.73 Å². The summed E-state index contributed by atoms with van der Waals surface area (Å²) in [4.78, 5) is 0. The molecule has 4 heteroatoms. The van der Waals surface area contributed by atoms with Crippen LogP contribution in [0.3, 0.4) is 0 Å². The summed E-state index contributed by atoms with van der Waals surface area (Å²) < 4.78 is 1.98. The summed E-state index contributed by atoms with van der Waals surface area (Å²) in [6.07, 6.45) is 5.08. The Balaban J connectivity index is 2.20. The van der Waals surface area contributed by atoms with Gasteiger partial charge in [-0.25, -0.2) is 0 Å². The third-order valence-corrected chi connectivity index (χ3v) is 2.99. The van der Waals surface area contributed by atoms with Gasteiger partial charge in [0.25, 0.3) is 0 Å². The van der Waals surface area contributed by atoms with Gasteiger partial charge < -0.3 is 10.8 Å². The standard InChI is InChI=1S/C10H17N3O/c1-7-9(10(14)5-11)6-13(12-7)8-3-2-4-8/h6,8,10,14H,2-5,11H2,1H3. The topological polar surface area (TPSA) is 64.1 Å². The van der Waals surface area contributed by atoms with Crippen molar-refractivity contribution in [3.05, 3.63) is 17.5 Å². The van der Waals surface area contributed by atoms with Crippen LogP contribution in [0.2, 0.25) is 0 Å². The summed E-state index contributed by atoms with van der Waals surface area (Å²) in [6.45, 7) is 2.18. The van der Waals surface area contributed by atoms with Crippen molar-refractivity contribution in [1.29, 1.82) is 0 Å². The van der Waals surface area contributed by atoms with Gasteiger partial charge in [0.1, 0.15) is 0 Å². The maximum Gasteiger partial charge on any atom is 0.0945 e. The predicted octanol–water partition coefficient (Wildman–Crippen LogP) is 0.909. The predicted molar refractivity (Wildman–Crippen MR) is 53.9 cm³/mol. The van der Waals surface area contributed by atoms with Gasteiger partial charge >= 0.3 is 0 Å². The second-order valence-corrected chi connectivity index (χ2v) is 3.99. The molecule has 1 fully saturated rings. The Morgan fingerprint density at radius 2 is 2.43 bits per heavy atom. The normalized spacial score (nSPS) is 19.4. The first-order valence-corrected chi connectivity index (χ1v) is 5.16. The van der Waals surface area contributed by atoms with E-state index in [0.29, 0.717) is 6.04 Å². The SMILES string of the molecule is Cc1nn(C2CCC2)cc1C(O)CN. The van der Waals surface area contributed by atoms with Crippen LogP contribution >= 0.6 is 0 Å².